The number of likely N-dealkylation sites (N-methyl/N-ethyl adjacent to an activating group) is 1. The molecule has 0 bridgehead atoms. The van der Waals surface area contributed by atoms with Crippen LogP contribution < -0.4 is 5.32 Å². The van der Waals surface area contributed by atoms with Crippen LogP contribution in [0.15, 0.2) is 24.3 Å². The molecule has 2 aromatic heterocycles. The molecule has 0 amide bonds. The predicted molar refractivity (Wildman–Crippen MR) is 102 cm³/mol. The smallest absolute Gasteiger partial charge is 0.127 e. The van der Waals surface area contributed by atoms with Crippen molar-refractivity contribution in [3.63, 3.8) is 0 Å². The Morgan fingerprint density at radius 2 is 2.09 bits per heavy atom. The van der Waals surface area contributed by atoms with Crippen molar-refractivity contribution < 1.29 is 0 Å². The Kier molecular flexibility index (Phi) is 4.09. The van der Waals surface area contributed by atoms with Crippen LogP contribution in [0.3, 0.4) is 0 Å². The van der Waals surface area contributed by atoms with Crippen LogP contribution in [0.4, 0.5) is 5.00 Å². The van der Waals surface area contributed by atoms with Crippen LogP contribution in [0.2, 0.25) is 0 Å². The van der Waals surface area contributed by atoms with E-state index in [4.69, 9.17) is 4.98 Å². The van der Waals surface area contributed by atoms with E-state index in [1.807, 2.05) is 22.7 Å². The lowest BCUT2D eigenvalue weighted by Gasteiger charge is -2.25. The van der Waals surface area contributed by atoms with Crippen molar-refractivity contribution in [2.75, 3.05) is 25.0 Å². The molecular weight excluding hydrogens is 322 g/mol. The number of nitrogens with zero attached hydrogens (tertiary/aromatic N) is 2. The van der Waals surface area contributed by atoms with Crippen LogP contribution >= 0.6 is 22.7 Å². The zero-order valence-electron chi connectivity index (χ0n) is 13.6. The standard InChI is InChI=1S/C18H21N3S2/c1-3-19-17-16(12-9-10-21(4-2)11-15(12)23-17)18-20-13-7-5-6-8-14(13)22-18/h5-8,19H,3-4,9-11H2,1-2H3. The van der Waals surface area contributed by atoms with Gasteiger partial charge < -0.3 is 5.32 Å². The van der Waals surface area contributed by atoms with Gasteiger partial charge in [0.25, 0.3) is 0 Å². The Bertz CT molecular complexity index is 801. The molecule has 0 saturated heterocycles. The lowest BCUT2D eigenvalue weighted by molar-refractivity contribution is 0.272. The summed E-state index contributed by atoms with van der Waals surface area (Å²) in [6.07, 6.45) is 1.14. The minimum atomic E-state index is 0.953. The average molecular weight is 344 g/mol. The molecule has 1 aliphatic heterocycles. The van der Waals surface area contributed by atoms with Gasteiger partial charge in [0, 0.05) is 30.1 Å². The van der Waals surface area contributed by atoms with Gasteiger partial charge in [-0.15, -0.1) is 22.7 Å². The van der Waals surface area contributed by atoms with Crippen LogP contribution in [0.5, 0.6) is 0 Å². The van der Waals surface area contributed by atoms with E-state index < -0.39 is 0 Å². The molecule has 0 spiro atoms. The highest BCUT2D eigenvalue weighted by Crippen LogP contribution is 2.45. The number of aromatic nitrogens is 1. The molecule has 0 unspecified atom stereocenters. The molecule has 0 fully saturated rings. The fourth-order valence-electron chi connectivity index (χ4n) is 3.22. The Hall–Kier alpha value is -1.43. The third kappa shape index (κ3) is 2.67. The van der Waals surface area contributed by atoms with Crippen LogP contribution in [0.25, 0.3) is 20.8 Å². The van der Waals surface area contributed by atoms with E-state index >= 15 is 0 Å². The second-order valence-electron chi connectivity index (χ2n) is 5.84. The molecule has 0 radical (unpaired) electrons. The molecule has 0 atom stereocenters. The summed E-state index contributed by atoms with van der Waals surface area (Å²) in [5.41, 5.74) is 4.00. The maximum absolute atomic E-state index is 4.92. The molecule has 3 aromatic rings. The number of anilines is 1. The van der Waals surface area contributed by atoms with E-state index in [2.05, 4.69) is 48.3 Å². The van der Waals surface area contributed by atoms with E-state index in [1.165, 1.54) is 30.7 Å². The minimum Gasteiger partial charge on any atom is -0.377 e. The molecule has 3 nitrogen and oxygen atoms in total. The molecule has 1 aliphatic rings. The Balaban J connectivity index is 1.84. The van der Waals surface area contributed by atoms with E-state index in [0.29, 0.717) is 0 Å². The van der Waals surface area contributed by atoms with Crippen molar-refractivity contribution in [3.8, 4) is 10.6 Å². The molecule has 0 saturated carbocycles. The average Bonchev–Trinajstić information content (AvgIpc) is 3.14. The predicted octanol–water partition coefficient (Wildman–Crippen LogP) is 4.83. The molecule has 1 aromatic carbocycles. The van der Waals surface area contributed by atoms with E-state index in [0.717, 1.165) is 38.1 Å². The number of hydrogen-bond acceptors (Lipinski definition) is 5. The number of thiophene rings is 1. The summed E-state index contributed by atoms with van der Waals surface area (Å²) >= 11 is 3.74. The third-order valence-corrected chi connectivity index (χ3v) is 6.66. The number of para-hydroxylation sites is 1. The third-order valence-electron chi connectivity index (χ3n) is 4.43. The second kappa shape index (κ2) is 6.23. The van der Waals surface area contributed by atoms with Gasteiger partial charge >= 0.3 is 0 Å². The summed E-state index contributed by atoms with van der Waals surface area (Å²) in [5.74, 6) is 0. The highest BCUT2D eigenvalue weighted by molar-refractivity contribution is 7.22. The van der Waals surface area contributed by atoms with Crippen molar-refractivity contribution in [2.45, 2.75) is 26.8 Å². The first-order valence-electron chi connectivity index (χ1n) is 8.26. The summed E-state index contributed by atoms with van der Waals surface area (Å²) < 4.78 is 1.27. The molecule has 4 rings (SSSR count). The van der Waals surface area contributed by atoms with Crippen molar-refractivity contribution in [1.29, 1.82) is 0 Å². The quantitative estimate of drug-likeness (QED) is 0.735. The number of thiazole rings is 1. The van der Waals surface area contributed by atoms with Gasteiger partial charge in [-0.05, 0) is 37.6 Å². The second-order valence-corrected chi connectivity index (χ2v) is 7.98. The first-order valence-corrected chi connectivity index (χ1v) is 9.90. The molecule has 3 heterocycles. The van der Waals surface area contributed by atoms with Gasteiger partial charge in [0.15, 0.2) is 0 Å². The van der Waals surface area contributed by atoms with E-state index in [-0.39, 0.29) is 0 Å². The Morgan fingerprint density at radius 1 is 1.22 bits per heavy atom. The van der Waals surface area contributed by atoms with Crippen molar-refractivity contribution in [3.05, 3.63) is 34.7 Å². The molecule has 0 aliphatic carbocycles. The SMILES string of the molecule is CCNc1sc2c(c1-c1nc3ccccc3s1)CCN(CC)C2. The minimum absolute atomic E-state index is 0.953. The Morgan fingerprint density at radius 3 is 2.87 bits per heavy atom. The summed E-state index contributed by atoms with van der Waals surface area (Å²) in [4.78, 5) is 8.96. The fourth-order valence-corrected chi connectivity index (χ4v) is 5.69. The van der Waals surface area contributed by atoms with Crippen LogP contribution in [0.1, 0.15) is 24.3 Å². The molecule has 120 valence electrons. The van der Waals surface area contributed by atoms with Gasteiger partial charge in [0.1, 0.15) is 5.01 Å². The summed E-state index contributed by atoms with van der Waals surface area (Å²) in [5, 5.41) is 6.05. The fraction of sp³-hybridized carbons (Fsp3) is 0.389. The van der Waals surface area contributed by atoms with Crippen LogP contribution in [-0.2, 0) is 13.0 Å². The number of rotatable bonds is 4. The largest absolute Gasteiger partial charge is 0.377 e. The lowest BCUT2D eigenvalue weighted by Crippen LogP contribution is -2.29. The van der Waals surface area contributed by atoms with Gasteiger partial charge in [-0.25, -0.2) is 4.98 Å². The number of fused-ring (bicyclic) bond motifs is 2. The van der Waals surface area contributed by atoms with Crippen LogP contribution in [0, 0.1) is 0 Å². The van der Waals surface area contributed by atoms with Crippen molar-refractivity contribution in [2.24, 2.45) is 0 Å². The first kappa shape index (κ1) is 15.1. The summed E-state index contributed by atoms with van der Waals surface area (Å²) in [6.45, 7) is 8.74. The topological polar surface area (TPSA) is 28.2 Å². The van der Waals surface area contributed by atoms with Gasteiger partial charge in [-0.2, -0.15) is 0 Å². The maximum Gasteiger partial charge on any atom is 0.127 e. The Labute approximate surface area is 145 Å². The zero-order chi connectivity index (χ0) is 15.8. The van der Waals surface area contributed by atoms with Crippen molar-refractivity contribution in [1.82, 2.24) is 9.88 Å². The maximum atomic E-state index is 4.92. The monoisotopic (exact) mass is 343 g/mol. The van der Waals surface area contributed by atoms with Gasteiger partial charge in [-0.3, -0.25) is 4.90 Å². The van der Waals surface area contributed by atoms with Gasteiger partial charge in [0.2, 0.25) is 0 Å². The van der Waals surface area contributed by atoms with Gasteiger partial charge in [-0.1, -0.05) is 19.1 Å². The molecule has 23 heavy (non-hydrogen) atoms. The van der Waals surface area contributed by atoms with E-state index in [1.54, 1.807) is 0 Å². The number of benzene rings is 1. The number of hydrogen-bond donors (Lipinski definition) is 1. The first-order chi connectivity index (χ1) is 11.3. The highest BCUT2D eigenvalue weighted by Gasteiger charge is 2.26. The number of nitrogens with one attached hydrogen (secondary N) is 1. The van der Waals surface area contributed by atoms with Crippen LogP contribution in [-0.4, -0.2) is 29.5 Å². The highest BCUT2D eigenvalue weighted by atomic mass is 32.1. The van der Waals surface area contributed by atoms with Crippen molar-refractivity contribution >= 4 is 37.9 Å². The summed E-state index contributed by atoms with van der Waals surface area (Å²) in [7, 11) is 0. The van der Waals surface area contributed by atoms with E-state index in [9.17, 15) is 0 Å². The van der Waals surface area contributed by atoms with Gasteiger partial charge in [0.05, 0.1) is 15.2 Å². The molecular formula is C18H21N3S2. The molecule has 5 heteroatoms. The zero-order valence-corrected chi connectivity index (χ0v) is 15.2. The summed E-state index contributed by atoms with van der Waals surface area (Å²) in [6, 6.07) is 8.44. The lowest BCUT2D eigenvalue weighted by atomic mass is 10.0. The molecule has 1 N–H and O–H groups in total. The normalized spacial score (nSPS) is 15.0.